The van der Waals surface area contributed by atoms with E-state index in [0.717, 1.165) is 21.8 Å². The lowest BCUT2D eigenvalue weighted by Gasteiger charge is -2.09. The van der Waals surface area contributed by atoms with E-state index < -0.39 is 11.2 Å². The summed E-state index contributed by atoms with van der Waals surface area (Å²) in [5.41, 5.74) is 1.78. The topological polar surface area (TPSA) is 66.7 Å². The first-order chi connectivity index (χ1) is 9.08. The number of rotatable bonds is 2. The van der Waals surface area contributed by atoms with Gasteiger partial charge >= 0.3 is 5.16 Å². The van der Waals surface area contributed by atoms with Crippen LogP contribution in [-0.4, -0.2) is 30.6 Å². The van der Waals surface area contributed by atoms with E-state index in [1.807, 2.05) is 23.0 Å². The van der Waals surface area contributed by atoms with Gasteiger partial charge in [-0.3, -0.25) is 4.68 Å². The summed E-state index contributed by atoms with van der Waals surface area (Å²) < 4.78 is 13.5. The lowest BCUT2D eigenvalue weighted by molar-refractivity contribution is 0.551. The normalized spacial score (nSPS) is 13.5. The maximum atomic E-state index is 11.5. The molecular weight excluding hydrogens is 260 g/mol. The minimum absolute atomic E-state index is 0.244. The zero-order valence-electron chi connectivity index (χ0n) is 11.0. The highest BCUT2D eigenvalue weighted by Gasteiger charge is 2.15. The fraction of sp³-hybridized carbons (Fsp3) is 0.308. The average molecular weight is 274 g/mol. The third-order valence-corrected chi connectivity index (χ3v) is 3.74. The molecule has 3 rings (SSSR count). The first kappa shape index (κ1) is 12.4. The molecule has 0 spiro atoms. The van der Waals surface area contributed by atoms with Gasteiger partial charge < -0.3 is 4.55 Å². The van der Waals surface area contributed by atoms with Crippen LogP contribution in [0.3, 0.4) is 0 Å². The predicted octanol–water partition coefficient (Wildman–Crippen LogP) is 2.30. The molecule has 0 N–H and O–H groups in total. The summed E-state index contributed by atoms with van der Waals surface area (Å²) in [5, 5.41) is 6.73. The summed E-state index contributed by atoms with van der Waals surface area (Å²) in [6.07, 6.45) is 5.14. The molecule has 0 radical (unpaired) electrons. The van der Waals surface area contributed by atoms with Crippen LogP contribution < -0.4 is 0 Å². The highest BCUT2D eigenvalue weighted by Crippen LogP contribution is 2.26. The number of nitrogens with zero attached hydrogens (tertiary/aromatic N) is 4. The van der Waals surface area contributed by atoms with Crippen molar-refractivity contribution in [2.75, 3.05) is 6.26 Å². The summed E-state index contributed by atoms with van der Waals surface area (Å²) in [6, 6.07) is 4.22. The Labute approximate surface area is 113 Å². The number of hydrogen-bond donors (Lipinski definition) is 0. The number of fused-ring (bicyclic) bond motifs is 3. The van der Waals surface area contributed by atoms with Gasteiger partial charge in [0, 0.05) is 34.2 Å². The van der Waals surface area contributed by atoms with Crippen molar-refractivity contribution in [3.63, 3.8) is 0 Å². The maximum Gasteiger partial charge on any atom is 0.343 e. The molecule has 6 heteroatoms. The summed E-state index contributed by atoms with van der Waals surface area (Å²) in [4.78, 5) is 8.58. The van der Waals surface area contributed by atoms with Crippen molar-refractivity contribution in [2.45, 2.75) is 25.0 Å². The van der Waals surface area contributed by atoms with Gasteiger partial charge in [-0.2, -0.15) is 15.1 Å². The fourth-order valence-electron chi connectivity index (χ4n) is 2.14. The molecule has 2 heterocycles. The first-order valence-corrected chi connectivity index (χ1v) is 7.60. The monoisotopic (exact) mass is 274 g/mol. The molecule has 0 aliphatic carbocycles. The standard InChI is InChI=1S/C13H14N4OS/c1-8(2)17-12-10(7-15-17)5-4-9-6-14-13(19(3)18)16-11(9)12/h4-8H,1-3H3. The SMILES string of the molecule is CC(C)n1ncc2ccc3cnc([S+](C)[O-])nc3c21. The lowest BCUT2D eigenvalue weighted by Crippen LogP contribution is -2.06. The Hall–Kier alpha value is -1.66. The molecule has 0 amide bonds. The summed E-state index contributed by atoms with van der Waals surface area (Å²) >= 11 is -1.18. The summed E-state index contributed by atoms with van der Waals surface area (Å²) in [5.74, 6) is 0. The van der Waals surface area contributed by atoms with Crippen LogP contribution in [0.25, 0.3) is 21.8 Å². The molecule has 0 saturated heterocycles. The molecule has 1 unspecified atom stereocenters. The fourth-order valence-corrected chi connectivity index (χ4v) is 2.56. The molecule has 98 valence electrons. The van der Waals surface area contributed by atoms with Crippen LogP contribution in [0.15, 0.2) is 29.7 Å². The van der Waals surface area contributed by atoms with E-state index in [-0.39, 0.29) is 6.04 Å². The zero-order valence-corrected chi connectivity index (χ0v) is 11.8. The third kappa shape index (κ3) is 1.97. The van der Waals surface area contributed by atoms with Gasteiger partial charge in [0.2, 0.25) is 0 Å². The molecule has 19 heavy (non-hydrogen) atoms. The van der Waals surface area contributed by atoms with Gasteiger partial charge in [0.05, 0.1) is 11.7 Å². The molecule has 0 aliphatic heterocycles. The van der Waals surface area contributed by atoms with Crippen LogP contribution in [-0.2, 0) is 11.2 Å². The van der Waals surface area contributed by atoms with Gasteiger partial charge in [-0.25, -0.2) is 0 Å². The van der Waals surface area contributed by atoms with E-state index in [1.54, 1.807) is 12.5 Å². The Morgan fingerprint density at radius 2 is 1.95 bits per heavy atom. The van der Waals surface area contributed by atoms with Crippen molar-refractivity contribution < 1.29 is 4.55 Å². The predicted molar refractivity (Wildman–Crippen MR) is 75.5 cm³/mol. The first-order valence-electron chi connectivity index (χ1n) is 6.04. The molecule has 0 saturated carbocycles. The van der Waals surface area contributed by atoms with Gasteiger partial charge in [-0.1, -0.05) is 12.1 Å². The van der Waals surface area contributed by atoms with E-state index >= 15 is 0 Å². The van der Waals surface area contributed by atoms with Crippen molar-refractivity contribution >= 4 is 33.0 Å². The number of benzene rings is 1. The van der Waals surface area contributed by atoms with Gasteiger partial charge in [-0.15, -0.1) is 0 Å². The highest BCUT2D eigenvalue weighted by atomic mass is 32.2. The molecule has 1 aromatic carbocycles. The minimum atomic E-state index is -1.18. The van der Waals surface area contributed by atoms with Crippen molar-refractivity contribution in [3.05, 3.63) is 24.5 Å². The molecule has 5 nitrogen and oxygen atoms in total. The van der Waals surface area contributed by atoms with Crippen molar-refractivity contribution in [1.29, 1.82) is 0 Å². The van der Waals surface area contributed by atoms with Crippen LogP contribution in [0, 0.1) is 0 Å². The molecule has 0 aliphatic rings. The second-order valence-electron chi connectivity index (χ2n) is 4.73. The molecule has 1 atom stereocenters. The van der Waals surface area contributed by atoms with Crippen LogP contribution in [0.4, 0.5) is 0 Å². The Kier molecular flexibility index (Phi) is 2.91. The molecule has 0 fully saturated rings. The minimum Gasteiger partial charge on any atom is -0.609 e. The van der Waals surface area contributed by atoms with Gasteiger partial charge in [0.25, 0.3) is 0 Å². The second kappa shape index (κ2) is 4.47. The van der Waals surface area contributed by atoms with Crippen LogP contribution in [0.1, 0.15) is 19.9 Å². The van der Waals surface area contributed by atoms with Gasteiger partial charge in [-0.05, 0) is 13.8 Å². The maximum absolute atomic E-state index is 11.5. The van der Waals surface area contributed by atoms with E-state index in [1.165, 1.54) is 0 Å². The largest absolute Gasteiger partial charge is 0.609 e. The zero-order chi connectivity index (χ0) is 13.6. The van der Waals surface area contributed by atoms with Crippen molar-refractivity contribution in [3.8, 4) is 0 Å². The lowest BCUT2D eigenvalue weighted by atomic mass is 10.2. The Morgan fingerprint density at radius 1 is 1.21 bits per heavy atom. The number of aromatic nitrogens is 4. The quantitative estimate of drug-likeness (QED) is 0.531. The average Bonchev–Trinajstić information content (AvgIpc) is 2.82. The third-order valence-electron chi connectivity index (χ3n) is 3.03. The molecular formula is C13H14N4OS. The van der Waals surface area contributed by atoms with E-state index in [9.17, 15) is 4.55 Å². The Bertz CT molecular complexity index is 751. The summed E-state index contributed by atoms with van der Waals surface area (Å²) in [7, 11) is 0. The van der Waals surface area contributed by atoms with Crippen molar-refractivity contribution in [1.82, 2.24) is 19.7 Å². The Balaban J connectivity index is 2.41. The van der Waals surface area contributed by atoms with Crippen molar-refractivity contribution in [2.24, 2.45) is 0 Å². The molecule has 0 bridgehead atoms. The highest BCUT2D eigenvalue weighted by molar-refractivity contribution is 7.90. The summed E-state index contributed by atoms with van der Waals surface area (Å²) in [6.45, 7) is 4.15. The number of hydrogen-bond acceptors (Lipinski definition) is 4. The molecule has 3 aromatic rings. The van der Waals surface area contributed by atoms with E-state index in [2.05, 4.69) is 28.9 Å². The van der Waals surface area contributed by atoms with E-state index in [4.69, 9.17) is 0 Å². The molecule has 2 aromatic heterocycles. The van der Waals surface area contributed by atoms with Crippen LogP contribution in [0.5, 0.6) is 0 Å². The smallest absolute Gasteiger partial charge is 0.343 e. The van der Waals surface area contributed by atoms with Crippen LogP contribution >= 0.6 is 0 Å². The Morgan fingerprint density at radius 3 is 2.63 bits per heavy atom. The van der Waals surface area contributed by atoms with Gasteiger partial charge in [0.1, 0.15) is 11.8 Å². The van der Waals surface area contributed by atoms with E-state index in [0.29, 0.717) is 5.16 Å². The van der Waals surface area contributed by atoms with Crippen LogP contribution in [0.2, 0.25) is 0 Å². The second-order valence-corrected chi connectivity index (χ2v) is 6.00. The van der Waals surface area contributed by atoms with Gasteiger partial charge in [0.15, 0.2) is 0 Å².